The summed E-state index contributed by atoms with van der Waals surface area (Å²) in [5, 5.41) is 3.55. The highest BCUT2D eigenvalue weighted by Crippen LogP contribution is 2.39. The predicted molar refractivity (Wildman–Crippen MR) is 54.3 cm³/mol. The molecule has 1 heteroatoms. The van der Waals surface area contributed by atoms with Crippen molar-refractivity contribution in [2.45, 2.75) is 53.0 Å². The summed E-state index contributed by atoms with van der Waals surface area (Å²) in [5.74, 6) is 0.871. The van der Waals surface area contributed by atoms with Crippen molar-refractivity contribution in [3.8, 4) is 0 Å². The van der Waals surface area contributed by atoms with E-state index < -0.39 is 0 Å². The molecule has 0 bridgehead atoms. The third-order valence-corrected chi connectivity index (χ3v) is 3.60. The molecule has 1 nitrogen and oxygen atoms in total. The molecule has 1 aliphatic carbocycles. The Morgan fingerprint density at radius 2 is 2.08 bits per heavy atom. The van der Waals surface area contributed by atoms with Crippen LogP contribution in [0.5, 0.6) is 0 Å². The second kappa shape index (κ2) is 3.78. The number of rotatable bonds is 2. The van der Waals surface area contributed by atoms with E-state index in [9.17, 15) is 0 Å². The van der Waals surface area contributed by atoms with Crippen LogP contribution in [0, 0.1) is 11.3 Å². The summed E-state index contributed by atoms with van der Waals surface area (Å²) in [6, 6.07) is 0.790. The Morgan fingerprint density at radius 1 is 1.42 bits per heavy atom. The van der Waals surface area contributed by atoms with Gasteiger partial charge in [-0.2, -0.15) is 0 Å². The standard InChI is InChI=1S/C11H23N/c1-5-12-10-6-7-11(3,4)9(2)8-10/h9-10,12H,5-8H2,1-4H3. The molecule has 0 amide bonds. The predicted octanol–water partition coefficient (Wildman–Crippen LogP) is 2.81. The second-order valence-electron chi connectivity index (χ2n) is 4.92. The summed E-state index contributed by atoms with van der Waals surface area (Å²) < 4.78 is 0. The molecular formula is C11H23N. The zero-order valence-corrected chi connectivity index (χ0v) is 8.98. The van der Waals surface area contributed by atoms with Crippen LogP contribution >= 0.6 is 0 Å². The van der Waals surface area contributed by atoms with E-state index in [0.717, 1.165) is 18.5 Å². The molecule has 0 heterocycles. The van der Waals surface area contributed by atoms with Crippen LogP contribution in [0.25, 0.3) is 0 Å². The first-order valence-electron chi connectivity index (χ1n) is 5.29. The average molecular weight is 169 g/mol. The summed E-state index contributed by atoms with van der Waals surface area (Å²) in [7, 11) is 0. The van der Waals surface area contributed by atoms with E-state index >= 15 is 0 Å². The van der Waals surface area contributed by atoms with Gasteiger partial charge in [0.15, 0.2) is 0 Å². The van der Waals surface area contributed by atoms with Gasteiger partial charge in [0.2, 0.25) is 0 Å². The molecular weight excluding hydrogens is 146 g/mol. The van der Waals surface area contributed by atoms with Gasteiger partial charge in [-0.05, 0) is 37.1 Å². The Morgan fingerprint density at radius 3 is 2.58 bits per heavy atom. The van der Waals surface area contributed by atoms with Gasteiger partial charge in [-0.25, -0.2) is 0 Å². The van der Waals surface area contributed by atoms with Crippen molar-refractivity contribution < 1.29 is 0 Å². The zero-order chi connectivity index (χ0) is 9.19. The zero-order valence-electron chi connectivity index (χ0n) is 8.98. The molecule has 1 N–H and O–H groups in total. The van der Waals surface area contributed by atoms with E-state index in [1.807, 2.05) is 0 Å². The highest BCUT2D eigenvalue weighted by atomic mass is 14.9. The largest absolute Gasteiger partial charge is 0.314 e. The van der Waals surface area contributed by atoms with Gasteiger partial charge < -0.3 is 5.32 Å². The summed E-state index contributed by atoms with van der Waals surface area (Å²) >= 11 is 0. The van der Waals surface area contributed by atoms with E-state index in [0.29, 0.717) is 5.41 Å². The van der Waals surface area contributed by atoms with Crippen LogP contribution in [0.4, 0.5) is 0 Å². The maximum absolute atomic E-state index is 3.55. The maximum atomic E-state index is 3.55. The smallest absolute Gasteiger partial charge is 0.00698 e. The fourth-order valence-corrected chi connectivity index (χ4v) is 2.13. The lowest BCUT2D eigenvalue weighted by Crippen LogP contribution is -2.40. The Hall–Kier alpha value is -0.0400. The molecule has 12 heavy (non-hydrogen) atoms. The van der Waals surface area contributed by atoms with Crippen LogP contribution in [-0.2, 0) is 0 Å². The maximum Gasteiger partial charge on any atom is 0.00698 e. The minimum Gasteiger partial charge on any atom is -0.314 e. The summed E-state index contributed by atoms with van der Waals surface area (Å²) in [6.07, 6.45) is 4.11. The second-order valence-corrected chi connectivity index (χ2v) is 4.92. The van der Waals surface area contributed by atoms with Crippen LogP contribution in [0.3, 0.4) is 0 Å². The van der Waals surface area contributed by atoms with Gasteiger partial charge in [0.1, 0.15) is 0 Å². The van der Waals surface area contributed by atoms with Crippen LogP contribution in [0.1, 0.15) is 47.0 Å². The molecule has 1 aliphatic rings. The average Bonchev–Trinajstić information content (AvgIpc) is 1.98. The summed E-state index contributed by atoms with van der Waals surface area (Å²) in [6.45, 7) is 10.5. The van der Waals surface area contributed by atoms with Crippen molar-refractivity contribution in [2.75, 3.05) is 6.54 Å². The fourth-order valence-electron chi connectivity index (χ4n) is 2.13. The SMILES string of the molecule is CCNC1CCC(C)(C)C(C)C1. The minimum atomic E-state index is 0.575. The first-order valence-corrected chi connectivity index (χ1v) is 5.29. The molecule has 0 aromatic heterocycles. The van der Waals surface area contributed by atoms with Crippen LogP contribution in [-0.4, -0.2) is 12.6 Å². The summed E-state index contributed by atoms with van der Waals surface area (Å²) in [4.78, 5) is 0. The molecule has 0 aromatic rings. The van der Waals surface area contributed by atoms with E-state index in [-0.39, 0.29) is 0 Å². The molecule has 72 valence electrons. The Labute approximate surface area is 76.9 Å². The highest BCUT2D eigenvalue weighted by Gasteiger charge is 2.32. The van der Waals surface area contributed by atoms with Crippen molar-refractivity contribution in [3.05, 3.63) is 0 Å². The number of hydrogen-bond donors (Lipinski definition) is 1. The van der Waals surface area contributed by atoms with E-state index in [4.69, 9.17) is 0 Å². The van der Waals surface area contributed by atoms with Gasteiger partial charge in [0.25, 0.3) is 0 Å². The van der Waals surface area contributed by atoms with E-state index in [1.165, 1.54) is 19.3 Å². The molecule has 0 aromatic carbocycles. The molecule has 0 spiro atoms. The molecule has 1 rings (SSSR count). The Kier molecular flexibility index (Phi) is 3.16. The fraction of sp³-hybridized carbons (Fsp3) is 1.00. The van der Waals surface area contributed by atoms with Gasteiger partial charge in [0, 0.05) is 6.04 Å². The van der Waals surface area contributed by atoms with Crippen LogP contribution in [0.2, 0.25) is 0 Å². The van der Waals surface area contributed by atoms with Crippen molar-refractivity contribution in [2.24, 2.45) is 11.3 Å². The summed E-state index contributed by atoms with van der Waals surface area (Å²) in [5.41, 5.74) is 0.575. The molecule has 1 saturated carbocycles. The first-order chi connectivity index (χ1) is 5.56. The molecule has 2 unspecified atom stereocenters. The van der Waals surface area contributed by atoms with Crippen molar-refractivity contribution in [3.63, 3.8) is 0 Å². The van der Waals surface area contributed by atoms with Gasteiger partial charge >= 0.3 is 0 Å². The van der Waals surface area contributed by atoms with Crippen LogP contribution < -0.4 is 5.32 Å². The van der Waals surface area contributed by atoms with Gasteiger partial charge in [0.05, 0.1) is 0 Å². The molecule has 2 atom stereocenters. The monoisotopic (exact) mass is 169 g/mol. The molecule has 0 saturated heterocycles. The third kappa shape index (κ3) is 2.22. The van der Waals surface area contributed by atoms with Gasteiger partial charge in [-0.15, -0.1) is 0 Å². The number of hydrogen-bond acceptors (Lipinski definition) is 1. The Balaban J connectivity index is 2.41. The Bertz CT molecular complexity index is 140. The van der Waals surface area contributed by atoms with Gasteiger partial charge in [-0.3, -0.25) is 0 Å². The van der Waals surface area contributed by atoms with Crippen molar-refractivity contribution in [1.29, 1.82) is 0 Å². The van der Waals surface area contributed by atoms with Crippen molar-refractivity contribution in [1.82, 2.24) is 5.32 Å². The third-order valence-electron chi connectivity index (χ3n) is 3.60. The van der Waals surface area contributed by atoms with E-state index in [1.54, 1.807) is 0 Å². The molecule has 0 radical (unpaired) electrons. The number of nitrogens with one attached hydrogen (secondary N) is 1. The molecule has 1 fully saturated rings. The van der Waals surface area contributed by atoms with Gasteiger partial charge in [-0.1, -0.05) is 27.7 Å². The molecule has 0 aliphatic heterocycles. The normalized spacial score (nSPS) is 35.0. The lowest BCUT2D eigenvalue weighted by molar-refractivity contribution is 0.127. The quantitative estimate of drug-likeness (QED) is 0.670. The highest BCUT2D eigenvalue weighted by molar-refractivity contribution is 4.86. The minimum absolute atomic E-state index is 0.575. The lowest BCUT2D eigenvalue weighted by Gasteiger charge is -2.40. The van der Waals surface area contributed by atoms with Crippen molar-refractivity contribution >= 4 is 0 Å². The van der Waals surface area contributed by atoms with E-state index in [2.05, 4.69) is 33.0 Å². The van der Waals surface area contributed by atoms with Crippen LogP contribution in [0.15, 0.2) is 0 Å². The lowest BCUT2D eigenvalue weighted by atomic mass is 9.68. The topological polar surface area (TPSA) is 12.0 Å². The first kappa shape index (κ1) is 10.0.